The SMILES string of the molecule is O=C(CBr)N1CNCNC1. The maximum atomic E-state index is 11.0. The summed E-state index contributed by atoms with van der Waals surface area (Å²) in [6.07, 6.45) is 0. The van der Waals surface area contributed by atoms with Crippen molar-refractivity contribution >= 4 is 21.8 Å². The Kier molecular flexibility index (Phi) is 3.11. The molecule has 1 aliphatic rings. The summed E-state index contributed by atoms with van der Waals surface area (Å²) in [7, 11) is 0. The third-order valence-electron chi connectivity index (χ3n) is 1.32. The zero-order chi connectivity index (χ0) is 7.40. The van der Waals surface area contributed by atoms with E-state index >= 15 is 0 Å². The summed E-state index contributed by atoms with van der Waals surface area (Å²) in [5.74, 6) is 0.111. The minimum Gasteiger partial charge on any atom is -0.316 e. The Morgan fingerprint density at radius 3 is 2.60 bits per heavy atom. The van der Waals surface area contributed by atoms with Crippen molar-refractivity contribution in [1.29, 1.82) is 0 Å². The molecule has 0 aromatic rings. The monoisotopic (exact) mass is 207 g/mol. The molecule has 1 fully saturated rings. The standard InChI is InChI=1S/C5H10BrN3O/c6-1-5(10)9-3-7-2-8-4-9/h7-8H,1-4H2. The molecule has 0 aromatic heterocycles. The van der Waals surface area contributed by atoms with E-state index in [2.05, 4.69) is 26.6 Å². The van der Waals surface area contributed by atoms with Crippen LogP contribution in [0.2, 0.25) is 0 Å². The van der Waals surface area contributed by atoms with E-state index < -0.39 is 0 Å². The predicted octanol–water partition coefficient (Wildman–Crippen LogP) is -0.725. The van der Waals surface area contributed by atoms with Crippen molar-refractivity contribution in [3.63, 3.8) is 0 Å². The Morgan fingerprint density at radius 2 is 2.10 bits per heavy atom. The maximum absolute atomic E-state index is 11.0. The zero-order valence-corrected chi connectivity index (χ0v) is 7.15. The van der Waals surface area contributed by atoms with E-state index in [0.29, 0.717) is 18.7 Å². The molecule has 0 radical (unpaired) electrons. The first-order valence-corrected chi connectivity index (χ1v) is 4.22. The maximum Gasteiger partial charge on any atom is 0.235 e. The van der Waals surface area contributed by atoms with Crippen LogP contribution in [0.25, 0.3) is 0 Å². The lowest BCUT2D eigenvalue weighted by atomic mass is 10.5. The Hall–Kier alpha value is -0.130. The van der Waals surface area contributed by atoms with Crippen LogP contribution in [0.15, 0.2) is 0 Å². The van der Waals surface area contributed by atoms with Gasteiger partial charge in [-0.3, -0.25) is 15.4 Å². The van der Waals surface area contributed by atoms with Gasteiger partial charge in [-0.05, 0) is 0 Å². The summed E-state index contributed by atoms with van der Waals surface area (Å²) in [4.78, 5) is 12.7. The van der Waals surface area contributed by atoms with Crippen LogP contribution in [-0.4, -0.2) is 36.1 Å². The van der Waals surface area contributed by atoms with Crippen molar-refractivity contribution in [2.24, 2.45) is 0 Å². The smallest absolute Gasteiger partial charge is 0.235 e. The lowest BCUT2D eigenvalue weighted by molar-refractivity contribution is -0.129. The van der Waals surface area contributed by atoms with E-state index in [4.69, 9.17) is 0 Å². The highest BCUT2D eigenvalue weighted by Gasteiger charge is 2.13. The minimum absolute atomic E-state index is 0.111. The van der Waals surface area contributed by atoms with Crippen LogP contribution in [0.4, 0.5) is 0 Å². The van der Waals surface area contributed by atoms with Crippen LogP contribution in [0.3, 0.4) is 0 Å². The summed E-state index contributed by atoms with van der Waals surface area (Å²) >= 11 is 3.10. The van der Waals surface area contributed by atoms with Gasteiger partial charge < -0.3 is 4.90 Å². The van der Waals surface area contributed by atoms with Crippen LogP contribution in [0.1, 0.15) is 0 Å². The first-order valence-electron chi connectivity index (χ1n) is 3.10. The van der Waals surface area contributed by atoms with E-state index in [9.17, 15) is 4.79 Å². The van der Waals surface area contributed by atoms with Gasteiger partial charge in [0.1, 0.15) is 0 Å². The van der Waals surface area contributed by atoms with Crippen molar-refractivity contribution in [3.05, 3.63) is 0 Å². The molecule has 0 bridgehead atoms. The summed E-state index contributed by atoms with van der Waals surface area (Å²) < 4.78 is 0. The van der Waals surface area contributed by atoms with Crippen molar-refractivity contribution < 1.29 is 4.79 Å². The molecule has 5 heteroatoms. The van der Waals surface area contributed by atoms with Crippen molar-refractivity contribution in [2.75, 3.05) is 25.3 Å². The molecule has 0 saturated carbocycles. The van der Waals surface area contributed by atoms with Crippen LogP contribution in [0, 0.1) is 0 Å². The van der Waals surface area contributed by atoms with E-state index in [1.54, 1.807) is 4.90 Å². The number of nitrogens with one attached hydrogen (secondary N) is 2. The lowest BCUT2D eigenvalue weighted by Gasteiger charge is -2.27. The lowest BCUT2D eigenvalue weighted by Crippen LogP contribution is -2.53. The first kappa shape index (κ1) is 7.97. The number of carbonyl (C=O) groups is 1. The molecule has 1 aliphatic heterocycles. The number of hydrogen-bond donors (Lipinski definition) is 2. The van der Waals surface area contributed by atoms with Crippen LogP contribution >= 0.6 is 15.9 Å². The summed E-state index contributed by atoms with van der Waals surface area (Å²) in [6.45, 7) is 2.08. The van der Waals surface area contributed by atoms with E-state index in [1.807, 2.05) is 0 Å². The normalized spacial score (nSPS) is 19.1. The second-order valence-electron chi connectivity index (χ2n) is 2.06. The summed E-state index contributed by atoms with van der Waals surface area (Å²) in [6, 6.07) is 0. The van der Waals surface area contributed by atoms with Crippen molar-refractivity contribution in [1.82, 2.24) is 15.5 Å². The molecule has 1 amide bonds. The molecule has 58 valence electrons. The molecule has 10 heavy (non-hydrogen) atoms. The molecular weight excluding hydrogens is 198 g/mol. The van der Waals surface area contributed by atoms with Crippen LogP contribution in [-0.2, 0) is 4.79 Å². The quantitative estimate of drug-likeness (QED) is 0.558. The fourth-order valence-electron chi connectivity index (χ4n) is 0.787. The summed E-state index contributed by atoms with van der Waals surface area (Å²) in [5.41, 5.74) is 0. The van der Waals surface area contributed by atoms with Gasteiger partial charge in [0.05, 0.1) is 18.7 Å². The Balaban J connectivity index is 2.31. The van der Waals surface area contributed by atoms with Gasteiger partial charge in [0.15, 0.2) is 0 Å². The van der Waals surface area contributed by atoms with Crippen LogP contribution < -0.4 is 10.6 Å². The van der Waals surface area contributed by atoms with Crippen molar-refractivity contribution in [2.45, 2.75) is 0 Å². The number of nitrogens with zero attached hydrogens (tertiary/aromatic N) is 1. The fraction of sp³-hybridized carbons (Fsp3) is 0.800. The molecule has 4 nitrogen and oxygen atoms in total. The number of halogens is 1. The van der Waals surface area contributed by atoms with Gasteiger partial charge in [-0.15, -0.1) is 0 Å². The average molecular weight is 208 g/mol. The molecule has 0 unspecified atom stereocenters. The number of amides is 1. The number of alkyl halides is 1. The highest BCUT2D eigenvalue weighted by molar-refractivity contribution is 9.09. The van der Waals surface area contributed by atoms with Gasteiger partial charge in [-0.2, -0.15) is 0 Å². The molecule has 0 spiro atoms. The molecule has 0 aromatic carbocycles. The largest absolute Gasteiger partial charge is 0.316 e. The Morgan fingerprint density at radius 1 is 1.50 bits per heavy atom. The highest BCUT2D eigenvalue weighted by atomic mass is 79.9. The van der Waals surface area contributed by atoms with Gasteiger partial charge in [0.2, 0.25) is 5.91 Å². The zero-order valence-electron chi connectivity index (χ0n) is 5.56. The molecule has 0 atom stereocenters. The second kappa shape index (κ2) is 3.90. The second-order valence-corrected chi connectivity index (χ2v) is 2.62. The third-order valence-corrected chi connectivity index (χ3v) is 1.80. The topological polar surface area (TPSA) is 44.4 Å². The Labute approximate surface area is 68.1 Å². The van der Waals surface area contributed by atoms with Gasteiger partial charge in [0, 0.05) is 6.67 Å². The van der Waals surface area contributed by atoms with Gasteiger partial charge in [-0.1, -0.05) is 15.9 Å². The molecular formula is C5H10BrN3O. The van der Waals surface area contributed by atoms with E-state index in [-0.39, 0.29) is 5.91 Å². The molecule has 1 rings (SSSR count). The van der Waals surface area contributed by atoms with Crippen LogP contribution in [0.5, 0.6) is 0 Å². The molecule has 1 saturated heterocycles. The number of hydrogen-bond acceptors (Lipinski definition) is 3. The van der Waals surface area contributed by atoms with Crippen molar-refractivity contribution in [3.8, 4) is 0 Å². The number of carbonyl (C=O) groups excluding carboxylic acids is 1. The summed E-state index contributed by atoms with van der Waals surface area (Å²) in [5, 5.41) is 6.45. The predicted molar refractivity (Wildman–Crippen MR) is 41.5 cm³/mol. The number of rotatable bonds is 1. The van der Waals surface area contributed by atoms with Gasteiger partial charge >= 0.3 is 0 Å². The third kappa shape index (κ3) is 1.93. The average Bonchev–Trinajstić information content (AvgIpc) is 2.05. The van der Waals surface area contributed by atoms with Gasteiger partial charge in [-0.25, -0.2) is 0 Å². The molecule has 0 aliphatic carbocycles. The highest BCUT2D eigenvalue weighted by Crippen LogP contribution is 1.92. The molecule has 1 heterocycles. The first-order chi connectivity index (χ1) is 4.84. The van der Waals surface area contributed by atoms with E-state index in [0.717, 1.165) is 6.67 Å². The van der Waals surface area contributed by atoms with Gasteiger partial charge in [0.25, 0.3) is 0 Å². The Bertz CT molecular complexity index is 124. The van der Waals surface area contributed by atoms with E-state index in [1.165, 1.54) is 0 Å². The molecule has 2 N–H and O–H groups in total. The fourth-order valence-corrected chi connectivity index (χ4v) is 1.14. The minimum atomic E-state index is 0.111.